The minimum Gasteiger partial charge on any atom is -0.347 e. The second-order valence-electron chi connectivity index (χ2n) is 6.55. The molecule has 3 aromatic rings. The van der Waals surface area contributed by atoms with Crippen LogP contribution in [0.5, 0.6) is 0 Å². The SMILES string of the molecule is O=C(N[C@@H]1CC(=O)N(Cc2cccc(F)c2)C1)c1ccc(-n2cnnc2)nc1. The zero-order chi connectivity index (χ0) is 19.5. The van der Waals surface area contributed by atoms with E-state index in [0.717, 1.165) is 0 Å². The van der Waals surface area contributed by atoms with Crippen molar-refractivity contribution in [2.24, 2.45) is 0 Å². The van der Waals surface area contributed by atoms with Gasteiger partial charge >= 0.3 is 0 Å². The second-order valence-corrected chi connectivity index (χ2v) is 6.55. The number of rotatable bonds is 5. The van der Waals surface area contributed by atoms with Crippen LogP contribution in [0.4, 0.5) is 4.39 Å². The third-order valence-electron chi connectivity index (χ3n) is 4.51. The lowest BCUT2D eigenvalue weighted by Gasteiger charge is -2.17. The molecule has 1 aliphatic rings. The molecule has 3 heterocycles. The molecule has 4 rings (SSSR count). The molecule has 0 radical (unpaired) electrons. The first-order valence-electron chi connectivity index (χ1n) is 8.72. The molecule has 0 aliphatic carbocycles. The molecule has 0 saturated carbocycles. The fraction of sp³-hybridized carbons (Fsp3) is 0.211. The van der Waals surface area contributed by atoms with Crippen molar-refractivity contribution in [3.8, 4) is 5.82 Å². The van der Waals surface area contributed by atoms with Gasteiger partial charge < -0.3 is 10.2 Å². The number of pyridine rings is 1. The molecular weight excluding hydrogens is 363 g/mol. The average Bonchev–Trinajstić information content (AvgIpc) is 3.32. The fourth-order valence-corrected chi connectivity index (χ4v) is 3.14. The summed E-state index contributed by atoms with van der Waals surface area (Å²) in [6.45, 7) is 0.700. The van der Waals surface area contributed by atoms with E-state index in [1.54, 1.807) is 33.7 Å². The lowest BCUT2D eigenvalue weighted by Crippen LogP contribution is -2.37. The molecule has 1 N–H and O–H groups in total. The topological polar surface area (TPSA) is 93.0 Å². The number of amides is 2. The Bertz CT molecular complexity index is 990. The normalized spacial score (nSPS) is 16.4. The number of carbonyl (C=O) groups excluding carboxylic acids is 2. The van der Waals surface area contributed by atoms with Crippen molar-refractivity contribution in [3.05, 3.63) is 72.2 Å². The van der Waals surface area contributed by atoms with Gasteiger partial charge in [-0.1, -0.05) is 12.1 Å². The predicted molar refractivity (Wildman–Crippen MR) is 96.8 cm³/mol. The Labute approximate surface area is 160 Å². The maximum atomic E-state index is 13.3. The van der Waals surface area contributed by atoms with Crippen molar-refractivity contribution in [2.75, 3.05) is 6.54 Å². The fourth-order valence-electron chi connectivity index (χ4n) is 3.14. The summed E-state index contributed by atoms with van der Waals surface area (Å²) in [5.74, 6) is -0.112. The highest BCUT2D eigenvalue weighted by atomic mass is 19.1. The Hall–Kier alpha value is -3.62. The lowest BCUT2D eigenvalue weighted by atomic mass is 10.2. The van der Waals surface area contributed by atoms with Gasteiger partial charge in [0.1, 0.15) is 24.3 Å². The maximum Gasteiger partial charge on any atom is 0.253 e. The summed E-state index contributed by atoms with van der Waals surface area (Å²) in [5.41, 5.74) is 1.11. The average molecular weight is 380 g/mol. The van der Waals surface area contributed by atoms with E-state index in [-0.39, 0.29) is 30.1 Å². The summed E-state index contributed by atoms with van der Waals surface area (Å²) in [6.07, 6.45) is 4.71. The highest BCUT2D eigenvalue weighted by molar-refractivity contribution is 5.94. The largest absolute Gasteiger partial charge is 0.347 e. The van der Waals surface area contributed by atoms with Gasteiger partial charge in [-0.15, -0.1) is 10.2 Å². The summed E-state index contributed by atoms with van der Waals surface area (Å²) in [5, 5.41) is 10.3. The van der Waals surface area contributed by atoms with Gasteiger partial charge in [-0.25, -0.2) is 9.37 Å². The quantitative estimate of drug-likeness (QED) is 0.721. The van der Waals surface area contributed by atoms with Crippen molar-refractivity contribution in [1.82, 2.24) is 30.0 Å². The number of hydrogen-bond acceptors (Lipinski definition) is 5. The number of nitrogens with zero attached hydrogens (tertiary/aromatic N) is 5. The standard InChI is InChI=1S/C19H17FN6O2/c20-15-3-1-2-13(6-15)9-25-10-16(7-18(25)27)24-19(28)14-4-5-17(21-8-14)26-11-22-23-12-26/h1-6,8,11-12,16H,7,9-10H2,(H,24,28)/t16-/m1/s1. The number of hydrogen-bond donors (Lipinski definition) is 1. The first-order valence-corrected chi connectivity index (χ1v) is 8.72. The van der Waals surface area contributed by atoms with Crippen molar-refractivity contribution in [1.29, 1.82) is 0 Å². The van der Waals surface area contributed by atoms with Crippen molar-refractivity contribution in [2.45, 2.75) is 19.0 Å². The molecule has 2 amide bonds. The van der Waals surface area contributed by atoms with Crippen LogP contribution in [0.15, 0.2) is 55.2 Å². The van der Waals surface area contributed by atoms with Crippen LogP contribution in [0, 0.1) is 5.82 Å². The van der Waals surface area contributed by atoms with Crippen LogP contribution < -0.4 is 5.32 Å². The van der Waals surface area contributed by atoms with Gasteiger partial charge in [0.2, 0.25) is 5.91 Å². The third-order valence-corrected chi connectivity index (χ3v) is 4.51. The Morgan fingerprint density at radius 1 is 1.21 bits per heavy atom. The van der Waals surface area contributed by atoms with Gasteiger partial charge in [0, 0.05) is 25.7 Å². The third kappa shape index (κ3) is 3.88. The Morgan fingerprint density at radius 3 is 2.75 bits per heavy atom. The van der Waals surface area contributed by atoms with Crippen LogP contribution in [0.2, 0.25) is 0 Å². The zero-order valence-electron chi connectivity index (χ0n) is 14.8. The van der Waals surface area contributed by atoms with E-state index < -0.39 is 0 Å². The van der Waals surface area contributed by atoms with Gasteiger partial charge in [0.15, 0.2) is 0 Å². The summed E-state index contributed by atoms with van der Waals surface area (Å²) in [7, 11) is 0. The Balaban J connectivity index is 1.36. The van der Waals surface area contributed by atoms with E-state index in [4.69, 9.17) is 0 Å². The predicted octanol–water partition coefficient (Wildman–Crippen LogP) is 1.33. The number of nitrogens with one attached hydrogen (secondary N) is 1. The van der Waals surface area contributed by atoms with Gasteiger partial charge in [-0.2, -0.15) is 0 Å². The smallest absolute Gasteiger partial charge is 0.253 e. The first kappa shape index (κ1) is 17.8. The van der Waals surface area contributed by atoms with Crippen molar-refractivity contribution in [3.63, 3.8) is 0 Å². The monoisotopic (exact) mass is 380 g/mol. The number of likely N-dealkylation sites (tertiary alicyclic amines) is 1. The van der Waals surface area contributed by atoms with Gasteiger partial charge in [0.05, 0.1) is 11.6 Å². The van der Waals surface area contributed by atoms with E-state index in [0.29, 0.717) is 30.0 Å². The molecular formula is C19H17FN6O2. The maximum absolute atomic E-state index is 13.3. The molecule has 0 unspecified atom stereocenters. The number of benzene rings is 1. The van der Waals surface area contributed by atoms with Crippen molar-refractivity contribution >= 4 is 11.8 Å². The molecule has 9 heteroatoms. The lowest BCUT2D eigenvalue weighted by molar-refractivity contribution is -0.128. The minimum absolute atomic E-state index is 0.0735. The summed E-state index contributed by atoms with van der Waals surface area (Å²) >= 11 is 0. The first-order chi connectivity index (χ1) is 13.6. The van der Waals surface area contributed by atoms with Crippen LogP contribution in [0.3, 0.4) is 0 Å². The van der Waals surface area contributed by atoms with Crippen LogP contribution in [-0.2, 0) is 11.3 Å². The summed E-state index contributed by atoms with van der Waals surface area (Å²) in [6, 6.07) is 9.19. The van der Waals surface area contributed by atoms with Crippen LogP contribution in [0.25, 0.3) is 5.82 Å². The molecule has 1 aromatic carbocycles. The molecule has 8 nitrogen and oxygen atoms in total. The zero-order valence-corrected chi connectivity index (χ0v) is 14.8. The summed E-state index contributed by atoms with van der Waals surface area (Å²) < 4.78 is 14.9. The molecule has 28 heavy (non-hydrogen) atoms. The number of halogens is 1. The van der Waals surface area contributed by atoms with E-state index in [2.05, 4.69) is 20.5 Å². The van der Waals surface area contributed by atoms with E-state index in [1.807, 2.05) is 0 Å². The van der Waals surface area contributed by atoms with Gasteiger partial charge in [-0.3, -0.25) is 14.2 Å². The molecule has 1 atom stereocenters. The van der Waals surface area contributed by atoms with Gasteiger partial charge in [-0.05, 0) is 29.8 Å². The molecule has 0 bridgehead atoms. The highest BCUT2D eigenvalue weighted by Gasteiger charge is 2.30. The Kier molecular flexibility index (Phi) is 4.79. The van der Waals surface area contributed by atoms with Crippen LogP contribution >= 0.6 is 0 Å². The van der Waals surface area contributed by atoms with E-state index in [1.165, 1.54) is 31.0 Å². The van der Waals surface area contributed by atoms with Crippen molar-refractivity contribution < 1.29 is 14.0 Å². The van der Waals surface area contributed by atoms with E-state index >= 15 is 0 Å². The highest BCUT2D eigenvalue weighted by Crippen LogP contribution is 2.16. The minimum atomic E-state index is -0.337. The molecule has 1 fully saturated rings. The van der Waals surface area contributed by atoms with Crippen LogP contribution in [-0.4, -0.2) is 49.0 Å². The molecule has 1 saturated heterocycles. The molecule has 1 aliphatic heterocycles. The van der Waals surface area contributed by atoms with Gasteiger partial charge in [0.25, 0.3) is 5.91 Å². The molecule has 142 valence electrons. The van der Waals surface area contributed by atoms with E-state index in [9.17, 15) is 14.0 Å². The number of aromatic nitrogens is 4. The number of carbonyl (C=O) groups is 2. The second kappa shape index (κ2) is 7.55. The molecule has 2 aromatic heterocycles. The Morgan fingerprint density at radius 2 is 2.04 bits per heavy atom. The summed E-state index contributed by atoms with van der Waals surface area (Å²) in [4.78, 5) is 30.5. The van der Waals surface area contributed by atoms with Crippen LogP contribution in [0.1, 0.15) is 22.3 Å². The molecule has 0 spiro atoms.